The van der Waals surface area contributed by atoms with Crippen LogP contribution in [0.3, 0.4) is 0 Å². The molecule has 1 aliphatic rings. The second kappa shape index (κ2) is 8.52. The molecule has 0 aliphatic carbocycles. The summed E-state index contributed by atoms with van der Waals surface area (Å²) in [4.78, 5) is 2.50. The Hall–Kier alpha value is -0.0900. The van der Waals surface area contributed by atoms with E-state index in [1.807, 2.05) is 0 Å². The van der Waals surface area contributed by atoms with Crippen LogP contribution in [0.25, 0.3) is 0 Å². The quantitative estimate of drug-likeness (QED) is 0.740. The molecular formula is C17H26BrClN2. The minimum atomic E-state index is 0.461. The summed E-state index contributed by atoms with van der Waals surface area (Å²) < 4.78 is 0.977. The van der Waals surface area contributed by atoms with Gasteiger partial charge in [-0.15, -0.1) is 0 Å². The maximum atomic E-state index is 6.32. The first-order valence-corrected chi connectivity index (χ1v) is 9.16. The van der Waals surface area contributed by atoms with E-state index >= 15 is 0 Å². The van der Waals surface area contributed by atoms with E-state index in [2.05, 4.69) is 58.3 Å². The van der Waals surface area contributed by atoms with Crippen LogP contribution in [0.5, 0.6) is 0 Å². The summed E-state index contributed by atoms with van der Waals surface area (Å²) in [6.45, 7) is 5.59. The molecule has 2 rings (SSSR count). The van der Waals surface area contributed by atoms with E-state index in [9.17, 15) is 0 Å². The Morgan fingerprint density at radius 3 is 2.90 bits per heavy atom. The molecule has 1 heterocycles. The first-order chi connectivity index (χ1) is 10.1. The largest absolute Gasteiger partial charge is 0.316 e. The van der Waals surface area contributed by atoms with Gasteiger partial charge in [0.2, 0.25) is 0 Å². The number of likely N-dealkylation sites (tertiary alicyclic amines) is 1. The summed E-state index contributed by atoms with van der Waals surface area (Å²) >= 11 is 9.81. The molecule has 1 N–H and O–H groups in total. The van der Waals surface area contributed by atoms with Crippen molar-refractivity contribution in [2.45, 2.75) is 38.6 Å². The zero-order valence-corrected chi connectivity index (χ0v) is 15.4. The molecule has 0 saturated carbocycles. The van der Waals surface area contributed by atoms with Gasteiger partial charge in [-0.3, -0.25) is 4.90 Å². The number of benzene rings is 1. The monoisotopic (exact) mass is 372 g/mol. The van der Waals surface area contributed by atoms with Crippen molar-refractivity contribution in [2.24, 2.45) is 5.92 Å². The third-order valence-electron chi connectivity index (χ3n) is 4.38. The van der Waals surface area contributed by atoms with Crippen LogP contribution in [0.15, 0.2) is 22.7 Å². The van der Waals surface area contributed by atoms with Crippen LogP contribution in [0.2, 0.25) is 5.02 Å². The van der Waals surface area contributed by atoms with Gasteiger partial charge in [0.25, 0.3) is 0 Å². The molecule has 21 heavy (non-hydrogen) atoms. The van der Waals surface area contributed by atoms with Crippen LogP contribution in [-0.2, 0) is 0 Å². The van der Waals surface area contributed by atoms with Gasteiger partial charge in [-0.25, -0.2) is 0 Å². The van der Waals surface area contributed by atoms with Gasteiger partial charge in [0, 0.05) is 10.5 Å². The third-order valence-corrected chi connectivity index (χ3v) is 5.61. The second-order valence-corrected chi connectivity index (χ2v) is 7.32. The zero-order valence-electron chi connectivity index (χ0n) is 13.0. The summed E-state index contributed by atoms with van der Waals surface area (Å²) in [6, 6.07) is 6.88. The number of hydrogen-bond donors (Lipinski definition) is 1. The fourth-order valence-corrected chi connectivity index (χ4v) is 3.76. The lowest BCUT2D eigenvalue weighted by molar-refractivity contribution is 0.189. The molecule has 118 valence electrons. The fourth-order valence-electron chi connectivity index (χ4n) is 3.33. The number of rotatable bonds is 5. The van der Waals surface area contributed by atoms with Crippen molar-refractivity contribution < 1.29 is 0 Å². The Kier molecular flexibility index (Phi) is 7.00. The van der Waals surface area contributed by atoms with Gasteiger partial charge in [-0.1, -0.05) is 31.0 Å². The van der Waals surface area contributed by atoms with Crippen molar-refractivity contribution in [1.82, 2.24) is 10.2 Å². The maximum absolute atomic E-state index is 6.32. The first kappa shape index (κ1) is 17.3. The fraction of sp³-hybridized carbons (Fsp3) is 0.647. The topological polar surface area (TPSA) is 15.3 Å². The number of nitrogens with one attached hydrogen (secondary N) is 1. The molecule has 1 fully saturated rings. The molecule has 1 saturated heterocycles. The summed E-state index contributed by atoms with van der Waals surface area (Å²) in [5.41, 5.74) is 1.34. The molecule has 4 heteroatoms. The average Bonchev–Trinajstić information content (AvgIpc) is 2.64. The Bertz CT molecular complexity index is 452. The van der Waals surface area contributed by atoms with E-state index < -0.39 is 0 Å². The summed E-state index contributed by atoms with van der Waals surface area (Å²) in [5, 5.41) is 4.42. The highest BCUT2D eigenvalue weighted by Crippen LogP contribution is 2.36. The van der Waals surface area contributed by atoms with Crippen LogP contribution in [-0.4, -0.2) is 31.6 Å². The minimum Gasteiger partial charge on any atom is -0.316 e. The minimum absolute atomic E-state index is 0.461. The Morgan fingerprint density at radius 2 is 2.19 bits per heavy atom. The SMILES string of the molecule is CCCNCC1CCCCN(C)C1c1ccc(Br)c(Cl)c1. The first-order valence-electron chi connectivity index (χ1n) is 7.99. The van der Waals surface area contributed by atoms with E-state index in [-0.39, 0.29) is 0 Å². The van der Waals surface area contributed by atoms with Crippen LogP contribution in [0.1, 0.15) is 44.2 Å². The van der Waals surface area contributed by atoms with Crippen LogP contribution in [0.4, 0.5) is 0 Å². The van der Waals surface area contributed by atoms with Crippen molar-refractivity contribution >= 4 is 27.5 Å². The predicted octanol–water partition coefficient (Wildman–Crippen LogP) is 4.88. The molecule has 0 bridgehead atoms. The number of nitrogens with zero attached hydrogens (tertiary/aromatic N) is 1. The molecule has 0 spiro atoms. The van der Waals surface area contributed by atoms with E-state index in [4.69, 9.17) is 11.6 Å². The Morgan fingerprint density at radius 1 is 1.38 bits per heavy atom. The van der Waals surface area contributed by atoms with E-state index in [1.54, 1.807) is 0 Å². The highest BCUT2D eigenvalue weighted by Gasteiger charge is 2.29. The van der Waals surface area contributed by atoms with Gasteiger partial charge in [-0.2, -0.15) is 0 Å². The van der Waals surface area contributed by atoms with Gasteiger partial charge >= 0.3 is 0 Å². The zero-order chi connectivity index (χ0) is 15.2. The van der Waals surface area contributed by atoms with Crippen LogP contribution >= 0.6 is 27.5 Å². The van der Waals surface area contributed by atoms with Gasteiger partial charge in [0.1, 0.15) is 0 Å². The lowest BCUT2D eigenvalue weighted by Crippen LogP contribution is -2.35. The van der Waals surface area contributed by atoms with Gasteiger partial charge in [0.05, 0.1) is 5.02 Å². The van der Waals surface area contributed by atoms with Crippen molar-refractivity contribution in [3.63, 3.8) is 0 Å². The smallest absolute Gasteiger partial charge is 0.0551 e. The molecule has 0 radical (unpaired) electrons. The van der Waals surface area contributed by atoms with Gasteiger partial charge < -0.3 is 5.32 Å². The highest BCUT2D eigenvalue weighted by atomic mass is 79.9. The predicted molar refractivity (Wildman–Crippen MR) is 95.0 cm³/mol. The standard InChI is InChI=1S/C17H26BrClN2/c1-3-9-20-12-14-6-4-5-10-21(2)17(14)13-7-8-15(18)16(19)11-13/h7-8,11,14,17,20H,3-6,9-10,12H2,1-2H3. The molecule has 2 nitrogen and oxygen atoms in total. The number of halogens is 2. The highest BCUT2D eigenvalue weighted by molar-refractivity contribution is 9.10. The molecule has 2 unspecified atom stereocenters. The summed E-state index contributed by atoms with van der Waals surface area (Å²) in [6.07, 6.45) is 5.10. The average molecular weight is 374 g/mol. The van der Waals surface area contributed by atoms with Crippen LogP contribution in [0, 0.1) is 5.92 Å². The van der Waals surface area contributed by atoms with Gasteiger partial charge in [-0.05, 0) is 85.5 Å². The van der Waals surface area contributed by atoms with Crippen molar-refractivity contribution in [1.29, 1.82) is 0 Å². The molecular weight excluding hydrogens is 348 g/mol. The van der Waals surface area contributed by atoms with Crippen molar-refractivity contribution in [2.75, 3.05) is 26.7 Å². The lowest BCUT2D eigenvalue weighted by Gasteiger charge is -2.33. The summed E-state index contributed by atoms with van der Waals surface area (Å²) in [7, 11) is 2.25. The van der Waals surface area contributed by atoms with E-state index in [0.29, 0.717) is 12.0 Å². The molecule has 0 aromatic heterocycles. The Labute approximate surface area is 142 Å². The van der Waals surface area contributed by atoms with Crippen LogP contribution < -0.4 is 5.32 Å². The molecule has 1 aromatic carbocycles. The number of hydrogen-bond acceptors (Lipinski definition) is 2. The molecule has 1 aliphatic heterocycles. The lowest BCUT2D eigenvalue weighted by atomic mass is 9.89. The maximum Gasteiger partial charge on any atom is 0.0551 e. The van der Waals surface area contributed by atoms with E-state index in [0.717, 1.165) is 22.6 Å². The second-order valence-electron chi connectivity index (χ2n) is 6.06. The van der Waals surface area contributed by atoms with Crippen molar-refractivity contribution in [3.05, 3.63) is 33.3 Å². The third kappa shape index (κ3) is 4.69. The van der Waals surface area contributed by atoms with Crippen molar-refractivity contribution in [3.8, 4) is 0 Å². The molecule has 1 aromatic rings. The van der Waals surface area contributed by atoms with E-state index in [1.165, 1.54) is 37.8 Å². The Balaban J connectivity index is 2.20. The molecule has 0 amide bonds. The summed E-state index contributed by atoms with van der Waals surface area (Å²) in [5.74, 6) is 0.654. The molecule has 2 atom stereocenters. The normalized spacial score (nSPS) is 24.0. The van der Waals surface area contributed by atoms with Gasteiger partial charge in [0.15, 0.2) is 0 Å².